The molecule has 0 fully saturated rings. The van der Waals surface area contributed by atoms with E-state index in [4.69, 9.17) is 4.74 Å². The number of halogens is 3. The predicted octanol–water partition coefficient (Wildman–Crippen LogP) is 2.45. The van der Waals surface area contributed by atoms with Crippen LogP contribution < -0.4 is 10.1 Å². The summed E-state index contributed by atoms with van der Waals surface area (Å²) >= 11 is 0.467. The van der Waals surface area contributed by atoms with Gasteiger partial charge in [-0.15, -0.1) is 11.3 Å². The summed E-state index contributed by atoms with van der Waals surface area (Å²) in [6.45, 7) is 2.40. The van der Waals surface area contributed by atoms with Gasteiger partial charge in [-0.25, -0.2) is 4.98 Å². The summed E-state index contributed by atoms with van der Waals surface area (Å²) in [7, 11) is 1.36. The zero-order chi connectivity index (χ0) is 14.8. The molecule has 20 heavy (non-hydrogen) atoms. The lowest BCUT2D eigenvalue weighted by Gasteiger charge is -2.05. The van der Waals surface area contributed by atoms with Crippen LogP contribution in [0.15, 0.2) is 6.20 Å². The van der Waals surface area contributed by atoms with Gasteiger partial charge in [0.05, 0.1) is 12.0 Å². The number of nitrogens with one attached hydrogen (secondary N) is 1. The van der Waals surface area contributed by atoms with Crippen molar-refractivity contribution >= 4 is 17.3 Å². The number of hydrogen-bond acceptors (Lipinski definition) is 7. The number of anilines is 1. The van der Waals surface area contributed by atoms with Crippen molar-refractivity contribution in [3.05, 3.63) is 11.2 Å². The van der Waals surface area contributed by atoms with Crippen LogP contribution >= 0.6 is 11.3 Å². The molecule has 0 unspecified atom stereocenters. The largest absolute Gasteiger partial charge is 0.467 e. The molecule has 0 saturated carbocycles. The highest BCUT2D eigenvalue weighted by atomic mass is 32.1. The standard InChI is InChI=1S/C10H10F3N5OS/c1-3-14-8-16-6(17-9(18-8)19-2)5-4-15-7(20-5)10(11,12)13/h4H,3H2,1-2H3,(H,14,16,17,18). The molecule has 0 radical (unpaired) electrons. The van der Waals surface area contributed by atoms with Crippen LogP contribution in [0.1, 0.15) is 11.9 Å². The van der Waals surface area contributed by atoms with E-state index in [1.165, 1.54) is 7.11 Å². The quantitative estimate of drug-likeness (QED) is 0.935. The Morgan fingerprint density at radius 1 is 1.30 bits per heavy atom. The molecule has 0 aliphatic rings. The maximum atomic E-state index is 12.5. The highest BCUT2D eigenvalue weighted by molar-refractivity contribution is 7.15. The number of aromatic nitrogens is 4. The first kappa shape index (κ1) is 14.4. The summed E-state index contributed by atoms with van der Waals surface area (Å²) in [5, 5.41) is 1.90. The minimum absolute atomic E-state index is 0.0212. The summed E-state index contributed by atoms with van der Waals surface area (Å²) in [5.41, 5.74) is 0. The molecule has 0 saturated heterocycles. The van der Waals surface area contributed by atoms with Crippen molar-refractivity contribution in [3.63, 3.8) is 0 Å². The van der Waals surface area contributed by atoms with E-state index in [1.807, 2.05) is 6.92 Å². The highest BCUT2D eigenvalue weighted by Gasteiger charge is 2.35. The van der Waals surface area contributed by atoms with E-state index in [9.17, 15) is 13.2 Å². The lowest BCUT2D eigenvalue weighted by atomic mass is 10.5. The van der Waals surface area contributed by atoms with Gasteiger partial charge in [-0.05, 0) is 6.92 Å². The molecule has 0 aromatic carbocycles. The van der Waals surface area contributed by atoms with Crippen LogP contribution in [0.2, 0.25) is 0 Å². The second kappa shape index (κ2) is 5.57. The fourth-order valence-electron chi connectivity index (χ4n) is 1.30. The number of nitrogens with zero attached hydrogens (tertiary/aromatic N) is 4. The van der Waals surface area contributed by atoms with Crippen molar-refractivity contribution in [1.82, 2.24) is 19.9 Å². The number of ether oxygens (including phenoxy) is 1. The van der Waals surface area contributed by atoms with Crippen molar-refractivity contribution in [2.75, 3.05) is 19.0 Å². The Balaban J connectivity index is 2.41. The third-order valence-electron chi connectivity index (χ3n) is 2.10. The van der Waals surface area contributed by atoms with Gasteiger partial charge in [0.15, 0.2) is 10.8 Å². The van der Waals surface area contributed by atoms with Gasteiger partial charge in [-0.2, -0.15) is 28.1 Å². The van der Waals surface area contributed by atoms with Crippen LogP contribution in [0.25, 0.3) is 10.7 Å². The van der Waals surface area contributed by atoms with Crippen LogP contribution in [0.4, 0.5) is 19.1 Å². The number of alkyl halides is 3. The van der Waals surface area contributed by atoms with E-state index < -0.39 is 11.2 Å². The molecule has 2 rings (SSSR count). The first-order chi connectivity index (χ1) is 9.44. The number of rotatable bonds is 4. The zero-order valence-electron chi connectivity index (χ0n) is 10.5. The Kier molecular flexibility index (Phi) is 4.02. The average Bonchev–Trinajstić information content (AvgIpc) is 2.88. The molecule has 6 nitrogen and oxygen atoms in total. The van der Waals surface area contributed by atoms with Gasteiger partial charge >= 0.3 is 12.2 Å². The van der Waals surface area contributed by atoms with E-state index in [1.54, 1.807) is 0 Å². The first-order valence-electron chi connectivity index (χ1n) is 5.51. The maximum Gasteiger partial charge on any atom is 0.443 e. The monoisotopic (exact) mass is 305 g/mol. The van der Waals surface area contributed by atoms with Crippen molar-refractivity contribution in [2.24, 2.45) is 0 Å². The van der Waals surface area contributed by atoms with Gasteiger partial charge in [0.2, 0.25) is 5.95 Å². The molecule has 0 amide bonds. The van der Waals surface area contributed by atoms with Gasteiger partial charge in [0.25, 0.3) is 0 Å². The Hall–Kier alpha value is -1.97. The van der Waals surface area contributed by atoms with Crippen LogP contribution in [0.5, 0.6) is 6.01 Å². The molecule has 0 aliphatic carbocycles. The summed E-state index contributed by atoms with van der Waals surface area (Å²) in [5.74, 6) is 0.317. The third kappa shape index (κ3) is 3.13. The smallest absolute Gasteiger partial charge is 0.443 e. The summed E-state index contributed by atoms with van der Waals surface area (Å²) in [6.07, 6.45) is -3.40. The number of methoxy groups -OCH3 is 1. The molecule has 2 heterocycles. The Morgan fingerprint density at radius 3 is 2.60 bits per heavy atom. The van der Waals surface area contributed by atoms with Crippen molar-refractivity contribution in [2.45, 2.75) is 13.1 Å². The zero-order valence-corrected chi connectivity index (χ0v) is 11.3. The molecule has 2 aromatic heterocycles. The predicted molar refractivity (Wildman–Crippen MR) is 66.7 cm³/mol. The summed E-state index contributed by atoms with van der Waals surface area (Å²) in [6, 6.07) is 0.0212. The first-order valence-corrected chi connectivity index (χ1v) is 6.33. The maximum absolute atomic E-state index is 12.5. The fraction of sp³-hybridized carbons (Fsp3) is 0.400. The Labute approximate surface area is 116 Å². The van der Waals surface area contributed by atoms with Crippen LogP contribution in [0.3, 0.4) is 0 Å². The van der Waals surface area contributed by atoms with Gasteiger partial charge in [-0.3, -0.25) is 0 Å². The molecular weight excluding hydrogens is 295 g/mol. The van der Waals surface area contributed by atoms with Crippen LogP contribution in [-0.2, 0) is 6.18 Å². The Morgan fingerprint density at radius 2 is 2.05 bits per heavy atom. The molecule has 0 aliphatic heterocycles. The normalized spacial score (nSPS) is 11.4. The molecule has 1 N–H and O–H groups in total. The second-order valence-corrected chi connectivity index (χ2v) is 4.56. The topological polar surface area (TPSA) is 72.8 Å². The van der Waals surface area contributed by atoms with E-state index in [2.05, 4.69) is 25.3 Å². The summed E-state index contributed by atoms with van der Waals surface area (Å²) in [4.78, 5) is 15.4. The molecule has 10 heteroatoms. The minimum Gasteiger partial charge on any atom is -0.467 e. The molecule has 0 bridgehead atoms. The van der Waals surface area contributed by atoms with Gasteiger partial charge in [0, 0.05) is 12.7 Å². The number of thiazole rings is 1. The van der Waals surface area contributed by atoms with E-state index in [0.29, 0.717) is 17.9 Å². The van der Waals surface area contributed by atoms with E-state index in [0.717, 1.165) is 6.20 Å². The average molecular weight is 305 g/mol. The van der Waals surface area contributed by atoms with Gasteiger partial charge < -0.3 is 10.1 Å². The van der Waals surface area contributed by atoms with E-state index in [-0.39, 0.29) is 22.7 Å². The van der Waals surface area contributed by atoms with Crippen molar-refractivity contribution in [3.8, 4) is 16.7 Å². The molecule has 0 spiro atoms. The highest BCUT2D eigenvalue weighted by Crippen LogP contribution is 2.35. The number of hydrogen-bond donors (Lipinski definition) is 1. The Bertz CT molecular complexity index is 601. The molecule has 0 atom stereocenters. The molecule has 108 valence electrons. The fourth-order valence-corrected chi connectivity index (χ4v) is 2.02. The molecular formula is C10H10F3N5OS. The second-order valence-electron chi connectivity index (χ2n) is 3.53. The lowest BCUT2D eigenvalue weighted by Crippen LogP contribution is -2.06. The molecule has 2 aromatic rings. The third-order valence-corrected chi connectivity index (χ3v) is 3.14. The van der Waals surface area contributed by atoms with Gasteiger partial charge in [0.1, 0.15) is 0 Å². The van der Waals surface area contributed by atoms with Gasteiger partial charge in [-0.1, -0.05) is 0 Å². The van der Waals surface area contributed by atoms with Crippen LogP contribution in [0, 0.1) is 0 Å². The van der Waals surface area contributed by atoms with Crippen LogP contribution in [-0.4, -0.2) is 33.6 Å². The SMILES string of the molecule is CCNc1nc(OC)nc(-c2cnc(C(F)(F)F)s2)n1. The summed E-state index contributed by atoms with van der Waals surface area (Å²) < 4.78 is 42.5. The van der Waals surface area contributed by atoms with E-state index >= 15 is 0 Å². The lowest BCUT2D eigenvalue weighted by molar-refractivity contribution is -0.137. The van der Waals surface area contributed by atoms with Crippen molar-refractivity contribution < 1.29 is 17.9 Å². The minimum atomic E-state index is -4.48. The van der Waals surface area contributed by atoms with Crippen molar-refractivity contribution in [1.29, 1.82) is 0 Å².